The van der Waals surface area contributed by atoms with Crippen LogP contribution in [0.5, 0.6) is 5.75 Å². The molecule has 2 aromatic carbocycles. The van der Waals surface area contributed by atoms with Gasteiger partial charge in [0.25, 0.3) is 0 Å². The molecular weight excluding hydrogens is 357 g/mol. The number of benzene rings is 2. The standard InChI is InChI=1S/C21H23F3O3/c1-3-10-26-18-8-7-16(20(23)21(18)24)13-4-6-15(17(22)11-13)14-5-9-19(25-2)27-12-14/h4,6-8,11,14,19H,3,5,9-10,12H2,1-2H3. The van der Waals surface area contributed by atoms with Crippen molar-refractivity contribution in [3.8, 4) is 16.9 Å². The van der Waals surface area contributed by atoms with Crippen molar-refractivity contribution in [2.24, 2.45) is 0 Å². The normalized spacial score (nSPS) is 19.9. The van der Waals surface area contributed by atoms with Crippen LogP contribution < -0.4 is 4.74 Å². The van der Waals surface area contributed by atoms with Gasteiger partial charge >= 0.3 is 0 Å². The zero-order chi connectivity index (χ0) is 19.4. The van der Waals surface area contributed by atoms with Gasteiger partial charge in [0, 0.05) is 18.6 Å². The van der Waals surface area contributed by atoms with Crippen molar-refractivity contribution >= 4 is 0 Å². The second-order valence-corrected chi connectivity index (χ2v) is 6.60. The molecule has 0 bridgehead atoms. The largest absolute Gasteiger partial charge is 0.490 e. The Hall–Kier alpha value is -2.05. The molecule has 1 heterocycles. The highest BCUT2D eigenvalue weighted by atomic mass is 19.2. The molecule has 27 heavy (non-hydrogen) atoms. The van der Waals surface area contributed by atoms with E-state index in [0.717, 1.165) is 6.42 Å². The zero-order valence-corrected chi connectivity index (χ0v) is 15.4. The minimum absolute atomic E-state index is 0.00106. The van der Waals surface area contributed by atoms with Gasteiger partial charge < -0.3 is 14.2 Å². The first-order chi connectivity index (χ1) is 13.0. The van der Waals surface area contributed by atoms with Crippen LogP contribution in [-0.2, 0) is 9.47 Å². The monoisotopic (exact) mass is 380 g/mol. The molecule has 1 aliphatic rings. The molecule has 0 aliphatic carbocycles. The summed E-state index contributed by atoms with van der Waals surface area (Å²) in [7, 11) is 1.58. The van der Waals surface area contributed by atoms with Crippen LogP contribution >= 0.6 is 0 Å². The van der Waals surface area contributed by atoms with Crippen LogP contribution in [0.15, 0.2) is 30.3 Å². The van der Waals surface area contributed by atoms with E-state index in [1.165, 1.54) is 18.2 Å². The third kappa shape index (κ3) is 4.28. The summed E-state index contributed by atoms with van der Waals surface area (Å²) in [6.45, 7) is 2.54. The van der Waals surface area contributed by atoms with E-state index in [2.05, 4.69) is 0 Å². The van der Waals surface area contributed by atoms with Crippen LogP contribution in [-0.4, -0.2) is 26.6 Å². The summed E-state index contributed by atoms with van der Waals surface area (Å²) in [5.74, 6) is -2.78. The molecule has 1 saturated heterocycles. The SMILES string of the molecule is CCCOc1ccc(-c2ccc(C3CCC(OC)OC3)c(F)c2)c(F)c1F. The van der Waals surface area contributed by atoms with E-state index >= 15 is 0 Å². The summed E-state index contributed by atoms with van der Waals surface area (Å²) in [5, 5.41) is 0. The molecule has 3 rings (SSSR count). The van der Waals surface area contributed by atoms with Crippen molar-refractivity contribution in [3.05, 3.63) is 53.3 Å². The predicted octanol–water partition coefficient (Wildman–Crippen LogP) is 5.43. The molecule has 3 nitrogen and oxygen atoms in total. The highest BCUT2D eigenvalue weighted by Gasteiger charge is 2.25. The van der Waals surface area contributed by atoms with Crippen molar-refractivity contribution in [1.82, 2.24) is 0 Å². The van der Waals surface area contributed by atoms with Crippen LogP contribution in [0.3, 0.4) is 0 Å². The molecule has 1 aliphatic heterocycles. The van der Waals surface area contributed by atoms with E-state index in [-0.39, 0.29) is 29.1 Å². The van der Waals surface area contributed by atoms with Gasteiger partial charge in [0.15, 0.2) is 17.9 Å². The molecule has 0 N–H and O–H groups in total. The summed E-state index contributed by atoms with van der Waals surface area (Å²) in [6, 6.07) is 7.23. The fraction of sp³-hybridized carbons (Fsp3) is 0.429. The molecule has 2 unspecified atom stereocenters. The van der Waals surface area contributed by atoms with E-state index in [0.29, 0.717) is 31.6 Å². The molecule has 0 aromatic heterocycles. The van der Waals surface area contributed by atoms with Gasteiger partial charge in [0.2, 0.25) is 5.82 Å². The summed E-state index contributed by atoms with van der Waals surface area (Å²) in [5.41, 5.74) is 0.791. The topological polar surface area (TPSA) is 27.7 Å². The quantitative estimate of drug-likeness (QED) is 0.669. The molecule has 146 valence electrons. The predicted molar refractivity (Wildman–Crippen MR) is 96.3 cm³/mol. The van der Waals surface area contributed by atoms with Crippen molar-refractivity contribution in [2.75, 3.05) is 20.3 Å². The van der Waals surface area contributed by atoms with Crippen LogP contribution in [0.4, 0.5) is 13.2 Å². The lowest BCUT2D eigenvalue weighted by atomic mass is 9.91. The fourth-order valence-corrected chi connectivity index (χ4v) is 3.26. The van der Waals surface area contributed by atoms with E-state index in [1.54, 1.807) is 19.2 Å². The average Bonchev–Trinajstić information content (AvgIpc) is 2.69. The summed E-state index contributed by atoms with van der Waals surface area (Å²) >= 11 is 0. The third-order valence-electron chi connectivity index (χ3n) is 4.76. The van der Waals surface area contributed by atoms with E-state index in [9.17, 15) is 13.2 Å². The zero-order valence-electron chi connectivity index (χ0n) is 15.4. The summed E-state index contributed by atoms with van der Waals surface area (Å²) < 4.78 is 59.1. The molecule has 2 aromatic rings. The van der Waals surface area contributed by atoms with Crippen molar-refractivity contribution in [1.29, 1.82) is 0 Å². The second-order valence-electron chi connectivity index (χ2n) is 6.60. The molecule has 6 heteroatoms. The van der Waals surface area contributed by atoms with Crippen LogP contribution in [0.1, 0.15) is 37.7 Å². The minimum Gasteiger partial charge on any atom is -0.490 e. The Kier molecular flexibility index (Phi) is 6.39. The van der Waals surface area contributed by atoms with Gasteiger partial charge in [-0.05, 0) is 48.6 Å². The van der Waals surface area contributed by atoms with E-state index < -0.39 is 17.5 Å². The molecule has 0 radical (unpaired) electrons. The van der Waals surface area contributed by atoms with Gasteiger partial charge in [-0.3, -0.25) is 0 Å². The van der Waals surface area contributed by atoms with Crippen LogP contribution in [0, 0.1) is 17.5 Å². The Labute approximate surface area is 157 Å². The molecule has 2 atom stereocenters. The average molecular weight is 380 g/mol. The summed E-state index contributed by atoms with van der Waals surface area (Å²) in [6.07, 6.45) is 1.85. The number of methoxy groups -OCH3 is 1. The van der Waals surface area contributed by atoms with Gasteiger partial charge in [0.1, 0.15) is 5.82 Å². The molecular formula is C21H23F3O3. The second kappa shape index (κ2) is 8.76. The number of hydrogen-bond donors (Lipinski definition) is 0. The Morgan fingerprint density at radius 3 is 2.52 bits per heavy atom. The molecule has 0 spiro atoms. The first kappa shape index (κ1) is 19.7. The Morgan fingerprint density at radius 1 is 1.07 bits per heavy atom. The van der Waals surface area contributed by atoms with Gasteiger partial charge in [-0.15, -0.1) is 0 Å². The van der Waals surface area contributed by atoms with Gasteiger partial charge in [-0.25, -0.2) is 8.78 Å². The number of rotatable bonds is 6. The molecule has 0 saturated carbocycles. The van der Waals surface area contributed by atoms with Crippen molar-refractivity contribution < 1.29 is 27.4 Å². The number of hydrogen-bond acceptors (Lipinski definition) is 3. The Bertz CT molecular complexity index is 786. The Balaban J connectivity index is 1.82. The van der Waals surface area contributed by atoms with E-state index in [4.69, 9.17) is 14.2 Å². The number of halogens is 3. The van der Waals surface area contributed by atoms with Gasteiger partial charge in [-0.1, -0.05) is 19.1 Å². The van der Waals surface area contributed by atoms with Crippen LogP contribution in [0.25, 0.3) is 11.1 Å². The maximum atomic E-state index is 14.6. The highest BCUT2D eigenvalue weighted by Crippen LogP contribution is 2.34. The highest BCUT2D eigenvalue weighted by molar-refractivity contribution is 5.66. The van der Waals surface area contributed by atoms with Gasteiger partial charge in [-0.2, -0.15) is 4.39 Å². The first-order valence-corrected chi connectivity index (χ1v) is 9.10. The smallest absolute Gasteiger partial charge is 0.201 e. The molecule has 0 amide bonds. The lowest BCUT2D eigenvalue weighted by Gasteiger charge is -2.28. The third-order valence-corrected chi connectivity index (χ3v) is 4.76. The fourth-order valence-electron chi connectivity index (χ4n) is 3.26. The maximum Gasteiger partial charge on any atom is 0.201 e. The minimum atomic E-state index is -1.06. The lowest BCUT2D eigenvalue weighted by molar-refractivity contribution is -0.151. The van der Waals surface area contributed by atoms with Crippen molar-refractivity contribution in [2.45, 2.75) is 38.4 Å². The van der Waals surface area contributed by atoms with E-state index in [1.807, 2.05) is 6.92 Å². The maximum absolute atomic E-state index is 14.6. The van der Waals surface area contributed by atoms with Gasteiger partial charge in [0.05, 0.1) is 13.2 Å². The molecule has 1 fully saturated rings. The summed E-state index contributed by atoms with van der Waals surface area (Å²) in [4.78, 5) is 0. The van der Waals surface area contributed by atoms with Crippen LogP contribution in [0.2, 0.25) is 0 Å². The Morgan fingerprint density at radius 2 is 1.89 bits per heavy atom. The van der Waals surface area contributed by atoms with Crippen molar-refractivity contribution in [3.63, 3.8) is 0 Å². The number of ether oxygens (including phenoxy) is 3. The first-order valence-electron chi connectivity index (χ1n) is 9.10. The lowest BCUT2D eigenvalue weighted by Crippen LogP contribution is -2.26.